The van der Waals surface area contributed by atoms with Crippen LogP contribution in [0.4, 0.5) is 4.79 Å². The van der Waals surface area contributed by atoms with Gasteiger partial charge in [-0.05, 0) is 32.5 Å². The number of H-pyrrole nitrogens is 2. The van der Waals surface area contributed by atoms with Crippen LogP contribution in [0.15, 0.2) is 52.3 Å². The lowest BCUT2D eigenvalue weighted by Crippen LogP contribution is -2.60. The molecule has 1 aliphatic rings. The van der Waals surface area contributed by atoms with E-state index in [1.54, 1.807) is 20.2 Å². The van der Waals surface area contributed by atoms with Crippen LogP contribution < -0.4 is 37.8 Å². The normalized spacial score (nSPS) is 20.3. The first-order valence-electron chi connectivity index (χ1n) is 14.6. The van der Waals surface area contributed by atoms with Gasteiger partial charge in [0.1, 0.15) is 24.2 Å². The molecule has 1 aromatic carbocycles. The van der Waals surface area contributed by atoms with E-state index in [-0.39, 0.29) is 19.4 Å². The van der Waals surface area contributed by atoms with Crippen LogP contribution in [0, 0.1) is 0 Å². The van der Waals surface area contributed by atoms with Crippen molar-refractivity contribution in [2.45, 2.75) is 69.3 Å². The van der Waals surface area contributed by atoms with Crippen molar-refractivity contribution in [1.82, 2.24) is 41.1 Å². The number of nitrogens with one attached hydrogen (secondary N) is 7. The van der Waals surface area contributed by atoms with Gasteiger partial charge in [0.25, 0.3) is 5.56 Å². The number of hydrogen-bond acceptors (Lipinski definition) is 9. The summed E-state index contributed by atoms with van der Waals surface area (Å²) in [7, 11) is 1.59. The zero-order chi connectivity index (χ0) is 33.5. The molecule has 17 nitrogen and oxygen atoms in total. The molecule has 0 bridgehead atoms. The standard InChI is InChI=1S/C29H38N8O9/c1-14(30-3)23(25(41)32-13-17-11-21(38)26(46-17)37-9-8-22(39)35-29(37)45)36-24(40)15(2)33-28(44)34-20(27(42)43)10-16-12-31-19-7-5-4-6-18(16)19/h4-9,12,14-15,17,20-21,23,26,30-31,38H,10-11,13H2,1-3H3,(H,32,41)(H,36,40)(H,42,43)(H2,33,34,44)(H,35,39,45)/t14-,15-,17+,20-,21+,23-,26+/m0/s1. The summed E-state index contributed by atoms with van der Waals surface area (Å²) in [5.41, 5.74) is 0.171. The Labute approximate surface area is 262 Å². The number of ether oxygens (including phenoxy) is 1. The van der Waals surface area contributed by atoms with Crippen LogP contribution in [-0.2, 0) is 25.5 Å². The topological polar surface area (TPSA) is 249 Å². The minimum atomic E-state index is -1.28. The van der Waals surface area contributed by atoms with Gasteiger partial charge in [0.15, 0.2) is 6.23 Å². The number of amides is 4. The highest BCUT2D eigenvalue weighted by Gasteiger charge is 2.37. The molecular formula is C29H38N8O9. The molecule has 4 amide bonds. The Morgan fingerprint density at radius 3 is 2.50 bits per heavy atom. The molecule has 248 valence electrons. The minimum Gasteiger partial charge on any atom is -0.480 e. The Bertz CT molecular complexity index is 1680. The van der Waals surface area contributed by atoms with Gasteiger partial charge in [0.2, 0.25) is 11.8 Å². The number of benzene rings is 1. The first kappa shape index (κ1) is 33.9. The van der Waals surface area contributed by atoms with Crippen LogP contribution in [0.25, 0.3) is 10.9 Å². The summed E-state index contributed by atoms with van der Waals surface area (Å²) in [5.74, 6) is -2.54. The van der Waals surface area contributed by atoms with Crippen LogP contribution >= 0.6 is 0 Å². The number of hydrogen-bond donors (Lipinski definition) is 9. The average molecular weight is 643 g/mol. The average Bonchev–Trinajstić information content (AvgIpc) is 3.60. The van der Waals surface area contributed by atoms with Gasteiger partial charge in [0.05, 0.1) is 6.10 Å². The quantitative estimate of drug-likeness (QED) is 0.102. The Morgan fingerprint density at radius 1 is 1.07 bits per heavy atom. The Kier molecular flexibility index (Phi) is 10.9. The van der Waals surface area contributed by atoms with Crippen molar-refractivity contribution in [2.75, 3.05) is 13.6 Å². The summed E-state index contributed by atoms with van der Waals surface area (Å²) in [6.45, 7) is 2.98. The molecule has 0 unspecified atom stereocenters. The molecule has 1 fully saturated rings. The summed E-state index contributed by atoms with van der Waals surface area (Å²) >= 11 is 0. The van der Waals surface area contributed by atoms with Crippen molar-refractivity contribution >= 4 is 34.7 Å². The number of carbonyl (C=O) groups excluding carboxylic acids is 3. The lowest BCUT2D eigenvalue weighted by Gasteiger charge is -2.26. The first-order chi connectivity index (χ1) is 21.9. The Balaban J connectivity index is 1.30. The first-order valence-corrected chi connectivity index (χ1v) is 14.6. The molecule has 3 aromatic rings. The van der Waals surface area contributed by atoms with Crippen LogP contribution in [0.1, 0.15) is 32.1 Å². The maximum absolute atomic E-state index is 13.1. The number of urea groups is 1. The number of carboxylic acids is 1. The van der Waals surface area contributed by atoms with Crippen molar-refractivity contribution < 1.29 is 34.1 Å². The number of aromatic amines is 2. The van der Waals surface area contributed by atoms with Crippen molar-refractivity contribution in [3.8, 4) is 0 Å². The van der Waals surface area contributed by atoms with Gasteiger partial charge in [-0.2, -0.15) is 0 Å². The van der Waals surface area contributed by atoms with Crippen LogP contribution in [-0.4, -0.2) is 98.5 Å². The number of aromatic nitrogens is 3. The van der Waals surface area contributed by atoms with Crippen molar-refractivity contribution in [3.05, 3.63) is 69.1 Å². The molecule has 1 saturated heterocycles. The lowest BCUT2D eigenvalue weighted by molar-refractivity contribution is -0.139. The summed E-state index contributed by atoms with van der Waals surface area (Å²) in [4.78, 5) is 79.3. The number of fused-ring (bicyclic) bond motifs is 1. The van der Waals surface area contributed by atoms with E-state index in [0.717, 1.165) is 21.5 Å². The van der Waals surface area contributed by atoms with Gasteiger partial charge in [-0.1, -0.05) is 18.2 Å². The highest BCUT2D eigenvalue weighted by molar-refractivity contribution is 5.93. The van der Waals surface area contributed by atoms with E-state index in [1.165, 1.54) is 13.1 Å². The molecule has 4 rings (SSSR count). The second-order valence-corrected chi connectivity index (χ2v) is 11.1. The van der Waals surface area contributed by atoms with E-state index in [1.807, 2.05) is 24.3 Å². The fourth-order valence-corrected chi connectivity index (χ4v) is 5.11. The number of likely N-dealkylation sites (N-methyl/N-ethyl adjacent to an activating group) is 1. The van der Waals surface area contributed by atoms with Crippen molar-refractivity contribution in [3.63, 3.8) is 0 Å². The third-order valence-electron chi connectivity index (χ3n) is 7.77. The van der Waals surface area contributed by atoms with Gasteiger partial charge >= 0.3 is 17.7 Å². The number of carbonyl (C=O) groups is 4. The van der Waals surface area contributed by atoms with Gasteiger partial charge in [-0.15, -0.1) is 0 Å². The summed E-state index contributed by atoms with van der Waals surface area (Å²) in [5, 5.41) is 33.9. The third-order valence-corrected chi connectivity index (χ3v) is 7.77. The van der Waals surface area contributed by atoms with Crippen LogP contribution in [0.2, 0.25) is 0 Å². The zero-order valence-electron chi connectivity index (χ0n) is 25.4. The number of aliphatic carboxylic acids is 1. The van der Waals surface area contributed by atoms with Crippen molar-refractivity contribution in [2.24, 2.45) is 0 Å². The van der Waals surface area contributed by atoms with Gasteiger partial charge in [-0.25, -0.2) is 14.4 Å². The summed E-state index contributed by atoms with van der Waals surface area (Å²) in [6.07, 6.45) is 0.133. The van der Waals surface area contributed by atoms with Gasteiger partial charge in [-0.3, -0.25) is 23.9 Å². The predicted octanol–water partition coefficient (Wildman–Crippen LogP) is -1.74. The van der Waals surface area contributed by atoms with Crippen LogP contribution in [0.5, 0.6) is 0 Å². The number of carboxylic acid groups (broad SMARTS) is 1. The van der Waals surface area contributed by atoms with E-state index in [9.17, 15) is 39.0 Å². The molecule has 9 N–H and O–H groups in total. The SMILES string of the molecule is CN[C@@H](C)[C@H](NC(=O)[C@H](C)NC(=O)N[C@@H](Cc1c[nH]c2ccccc12)C(=O)O)C(=O)NC[C@H]1C[C@@H](O)[C@H](n2ccc(=O)[nH]c2=O)O1. The molecule has 0 aliphatic carbocycles. The molecule has 17 heteroatoms. The minimum absolute atomic E-state index is 0.000636. The van der Waals surface area contributed by atoms with Crippen molar-refractivity contribution in [1.29, 1.82) is 0 Å². The Hall–Kier alpha value is -5.00. The highest BCUT2D eigenvalue weighted by atomic mass is 16.5. The van der Waals surface area contributed by atoms with Gasteiger partial charge in [0, 0.05) is 54.8 Å². The summed E-state index contributed by atoms with van der Waals surface area (Å²) in [6, 6.07) is 3.50. The molecule has 7 atom stereocenters. The molecular weight excluding hydrogens is 604 g/mol. The molecule has 0 spiro atoms. The monoisotopic (exact) mass is 642 g/mol. The number of para-hydroxylation sites is 1. The number of rotatable bonds is 13. The molecule has 0 radical (unpaired) electrons. The van der Waals surface area contributed by atoms with E-state index in [4.69, 9.17) is 4.74 Å². The van der Waals surface area contributed by atoms with E-state index >= 15 is 0 Å². The fourth-order valence-electron chi connectivity index (χ4n) is 5.11. The maximum atomic E-state index is 13.1. The van der Waals surface area contributed by atoms with Gasteiger partial charge < -0.3 is 46.5 Å². The maximum Gasteiger partial charge on any atom is 0.330 e. The second-order valence-electron chi connectivity index (χ2n) is 11.1. The molecule has 0 saturated carbocycles. The van der Waals surface area contributed by atoms with Crippen LogP contribution in [0.3, 0.4) is 0 Å². The molecule has 1 aliphatic heterocycles. The van der Waals surface area contributed by atoms with E-state index in [2.05, 4.69) is 36.6 Å². The highest BCUT2D eigenvalue weighted by Crippen LogP contribution is 2.27. The fraction of sp³-hybridized carbons (Fsp3) is 0.448. The summed E-state index contributed by atoms with van der Waals surface area (Å²) < 4.78 is 6.79. The lowest BCUT2D eigenvalue weighted by atomic mass is 10.1. The second kappa shape index (κ2) is 14.9. The predicted molar refractivity (Wildman–Crippen MR) is 164 cm³/mol. The smallest absolute Gasteiger partial charge is 0.330 e. The molecule has 3 heterocycles. The largest absolute Gasteiger partial charge is 0.480 e. The number of aliphatic hydroxyl groups is 1. The zero-order valence-corrected chi connectivity index (χ0v) is 25.4. The van der Waals surface area contributed by atoms with E-state index < -0.39 is 77.7 Å². The molecule has 46 heavy (non-hydrogen) atoms. The number of aliphatic hydroxyl groups excluding tert-OH is 1. The Morgan fingerprint density at radius 2 is 1.80 bits per heavy atom. The number of nitrogens with zero attached hydrogens (tertiary/aromatic N) is 1. The van der Waals surface area contributed by atoms with E-state index in [0.29, 0.717) is 5.56 Å². The molecule has 2 aromatic heterocycles. The third kappa shape index (κ3) is 8.17.